The van der Waals surface area contributed by atoms with Gasteiger partial charge < -0.3 is 9.84 Å². The Morgan fingerprint density at radius 2 is 1.60 bits per heavy atom. The van der Waals surface area contributed by atoms with Crippen molar-refractivity contribution in [2.24, 2.45) is 5.92 Å². The first-order valence-corrected chi connectivity index (χ1v) is 8.56. The lowest BCUT2D eigenvalue weighted by Gasteiger charge is -2.13. The van der Waals surface area contributed by atoms with Gasteiger partial charge in [-0.2, -0.15) is 0 Å². The number of phenolic OH excluding ortho intramolecular Hbond substituents is 1. The van der Waals surface area contributed by atoms with E-state index < -0.39 is 0 Å². The second kappa shape index (κ2) is 6.98. The predicted octanol–water partition coefficient (Wildman–Crippen LogP) is 5.59. The van der Waals surface area contributed by atoms with E-state index >= 15 is 0 Å². The number of rotatable bonds is 4. The molecule has 0 spiro atoms. The summed E-state index contributed by atoms with van der Waals surface area (Å²) in [5.41, 5.74) is 1.34. The summed E-state index contributed by atoms with van der Waals surface area (Å²) in [5.74, 6) is 2.50. The highest BCUT2D eigenvalue weighted by atomic mass is 127. The van der Waals surface area contributed by atoms with E-state index in [1.807, 2.05) is 0 Å². The number of halogens is 2. The second-order valence-corrected chi connectivity index (χ2v) is 7.41. The van der Waals surface area contributed by atoms with Crippen LogP contribution in [0, 0.1) is 13.1 Å². The monoisotopic (exact) mass is 494 g/mol. The molecule has 2 nitrogen and oxygen atoms in total. The summed E-state index contributed by atoms with van der Waals surface area (Å²) in [4.78, 5) is 0. The van der Waals surface area contributed by atoms with Gasteiger partial charge in [-0.25, -0.2) is 0 Å². The van der Waals surface area contributed by atoms with E-state index in [-0.39, 0.29) is 5.75 Å². The smallest absolute Gasteiger partial charge is 0.154 e. The van der Waals surface area contributed by atoms with Crippen molar-refractivity contribution in [3.05, 3.63) is 49.1 Å². The zero-order valence-electron chi connectivity index (χ0n) is 11.4. The summed E-state index contributed by atoms with van der Waals surface area (Å²) in [7, 11) is 0. The molecule has 2 aromatic carbocycles. The summed E-state index contributed by atoms with van der Waals surface area (Å²) in [6.07, 6.45) is 1.07. The molecule has 0 aliphatic heterocycles. The molecule has 0 bridgehead atoms. The van der Waals surface area contributed by atoms with Gasteiger partial charge in [0.2, 0.25) is 0 Å². The van der Waals surface area contributed by atoms with Crippen molar-refractivity contribution in [3.8, 4) is 17.2 Å². The van der Waals surface area contributed by atoms with Gasteiger partial charge in [-0.05, 0) is 99.5 Å². The van der Waals surface area contributed by atoms with Crippen LogP contribution in [0.2, 0.25) is 0 Å². The Morgan fingerprint density at radius 3 is 2.10 bits per heavy atom. The maximum atomic E-state index is 9.29. The topological polar surface area (TPSA) is 29.5 Å². The Balaban J connectivity index is 2.26. The lowest BCUT2D eigenvalue weighted by Crippen LogP contribution is -1.98. The highest BCUT2D eigenvalue weighted by molar-refractivity contribution is 14.1. The van der Waals surface area contributed by atoms with Crippen LogP contribution in [0.5, 0.6) is 17.2 Å². The fourth-order valence-corrected chi connectivity index (χ4v) is 4.05. The van der Waals surface area contributed by atoms with Crippen LogP contribution < -0.4 is 4.74 Å². The van der Waals surface area contributed by atoms with Crippen molar-refractivity contribution in [2.45, 2.75) is 20.3 Å². The summed E-state index contributed by atoms with van der Waals surface area (Å²) in [6, 6.07) is 11.1. The third-order valence-corrected chi connectivity index (χ3v) is 4.36. The summed E-state index contributed by atoms with van der Waals surface area (Å²) < 4.78 is 8.15. The maximum absolute atomic E-state index is 9.29. The zero-order chi connectivity index (χ0) is 14.7. The van der Waals surface area contributed by atoms with E-state index in [1.165, 1.54) is 5.56 Å². The van der Waals surface area contributed by atoms with Gasteiger partial charge in [-0.3, -0.25) is 0 Å². The molecule has 0 aliphatic rings. The van der Waals surface area contributed by atoms with Gasteiger partial charge in [0.1, 0.15) is 11.5 Å². The molecule has 0 saturated carbocycles. The normalized spacial score (nSPS) is 10.8. The highest BCUT2D eigenvalue weighted by Crippen LogP contribution is 2.33. The maximum Gasteiger partial charge on any atom is 0.154 e. The summed E-state index contributed by atoms with van der Waals surface area (Å²) >= 11 is 4.63. The zero-order valence-corrected chi connectivity index (χ0v) is 15.7. The number of hydrogen-bond donors (Lipinski definition) is 1. The molecule has 106 valence electrons. The largest absolute Gasteiger partial charge is 0.508 e. The van der Waals surface area contributed by atoms with Crippen molar-refractivity contribution in [2.75, 3.05) is 0 Å². The van der Waals surface area contributed by atoms with Crippen molar-refractivity contribution < 1.29 is 9.84 Å². The Kier molecular flexibility index (Phi) is 5.54. The fourth-order valence-electron chi connectivity index (χ4n) is 1.93. The minimum absolute atomic E-state index is 0.244. The van der Waals surface area contributed by atoms with E-state index in [0.717, 1.165) is 25.1 Å². The van der Waals surface area contributed by atoms with Crippen LogP contribution in [0.4, 0.5) is 0 Å². The standard InChI is InChI=1S/C16H16I2O2/c1-10(2)7-11-8-14(17)16(15(18)9-11)20-13-5-3-12(19)4-6-13/h3-6,8-10,19H,7H2,1-2H3. The van der Waals surface area contributed by atoms with Gasteiger partial charge in [-0.15, -0.1) is 0 Å². The number of benzene rings is 2. The molecule has 0 aromatic heterocycles. The number of ether oxygens (including phenoxy) is 1. The van der Waals surface area contributed by atoms with E-state index in [4.69, 9.17) is 4.74 Å². The molecule has 4 heteroatoms. The van der Waals surface area contributed by atoms with Crippen LogP contribution >= 0.6 is 45.2 Å². The Bertz CT molecular complexity index is 569. The molecule has 0 atom stereocenters. The molecular weight excluding hydrogens is 478 g/mol. The average Bonchev–Trinajstić information content (AvgIpc) is 2.35. The molecule has 0 fully saturated rings. The van der Waals surface area contributed by atoms with Crippen LogP contribution in [-0.2, 0) is 6.42 Å². The minimum Gasteiger partial charge on any atom is -0.508 e. The van der Waals surface area contributed by atoms with Crippen molar-refractivity contribution >= 4 is 45.2 Å². The molecule has 2 rings (SSSR count). The molecule has 1 N–H and O–H groups in total. The number of phenols is 1. The van der Waals surface area contributed by atoms with Gasteiger partial charge in [0, 0.05) is 0 Å². The Labute approximate surface area is 146 Å². The molecule has 20 heavy (non-hydrogen) atoms. The van der Waals surface area contributed by atoms with Gasteiger partial charge in [0.25, 0.3) is 0 Å². The minimum atomic E-state index is 0.244. The van der Waals surface area contributed by atoms with Crippen LogP contribution in [0.1, 0.15) is 19.4 Å². The molecule has 2 aromatic rings. The lowest BCUT2D eigenvalue weighted by atomic mass is 10.0. The predicted molar refractivity (Wildman–Crippen MR) is 98.6 cm³/mol. The van der Waals surface area contributed by atoms with Crippen LogP contribution in [0.25, 0.3) is 0 Å². The molecule has 0 radical (unpaired) electrons. The molecular formula is C16H16I2O2. The van der Waals surface area contributed by atoms with Crippen LogP contribution in [-0.4, -0.2) is 5.11 Å². The van der Waals surface area contributed by atoms with Crippen LogP contribution in [0.3, 0.4) is 0 Å². The first-order valence-electron chi connectivity index (χ1n) is 6.40. The van der Waals surface area contributed by atoms with Crippen molar-refractivity contribution in [1.82, 2.24) is 0 Å². The van der Waals surface area contributed by atoms with E-state index in [9.17, 15) is 5.11 Å². The highest BCUT2D eigenvalue weighted by Gasteiger charge is 2.11. The van der Waals surface area contributed by atoms with E-state index in [1.54, 1.807) is 24.3 Å². The molecule has 0 amide bonds. The average molecular weight is 494 g/mol. The molecule has 0 aliphatic carbocycles. The summed E-state index contributed by atoms with van der Waals surface area (Å²) in [5, 5.41) is 9.29. The van der Waals surface area contributed by atoms with E-state index in [0.29, 0.717) is 5.92 Å². The summed E-state index contributed by atoms with van der Waals surface area (Å²) in [6.45, 7) is 4.45. The fraction of sp³-hybridized carbons (Fsp3) is 0.250. The Hall–Kier alpha value is -0.500. The van der Waals surface area contributed by atoms with Crippen LogP contribution in [0.15, 0.2) is 36.4 Å². The Morgan fingerprint density at radius 1 is 1.05 bits per heavy atom. The third kappa shape index (κ3) is 4.25. The SMILES string of the molecule is CC(C)Cc1cc(I)c(Oc2ccc(O)cc2)c(I)c1. The van der Waals surface area contributed by atoms with Crippen molar-refractivity contribution in [3.63, 3.8) is 0 Å². The van der Waals surface area contributed by atoms with Gasteiger partial charge >= 0.3 is 0 Å². The molecule has 0 heterocycles. The second-order valence-electron chi connectivity index (χ2n) is 5.08. The number of hydrogen-bond acceptors (Lipinski definition) is 2. The first-order chi connectivity index (χ1) is 9.45. The van der Waals surface area contributed by atoms with Gasteiger partial charge in [-0.1, -0.05) is 13.8 Å². The van der Waals surface area contributed by atoms with Crippen molar-refractivity contribution in [1.29, 1.82) is 0 Å². The molecule has 0 saturated heterocycles. The third-order valence-electron chi connectivity index (χ3n) is 2.76. The van der Waals surface area contributed by atoms with E-state index in [2.05, 4.69) is 71.2 Å². The first kappa shape index (κ1) is 15.9. The molecule has 0 unspecified atom stereocenters. The number of aromatic hydroxyl groups is 1. The lowest BCUT2D eigenvalue weighted by molar-refractivity contribution is 0.461. The van der Waals surface area contributed by atoms with Gasteiger partial charge in [0.05, 0.1) is 7.14 Å². The van der Waals surface area contributed by atoms with Gasteiger partial charge in [0.15, 0.2) is 5.75 Å². The quantitative estimate of drug-likeness (QED) is 0.562.